The normalized spacial score (nSPS) is 14.0. The van der Waals surface area contributed by atoms with E-state index in [0.717, 1.165) is 47.9 Å². The van der Waals surface area contributed by atoms with Crippen molar-refractivity contribution in [3.05, 3.63) is 70.7 Å². The predicted molar refractivity (Wildman–Crippen MR) is 126 cm³/mol. The van der Waals surface area contributed by atoms with Crippen molar-refractivity contribution >= 4 is 16.7 Å². The van der Waals surface area contributed by atoms with Gasteiger partial charge in [0.15, 0.2) is 5.88 Å². The molecule has 2 heterocycles. The summed E-state index contributed by atoms with van der Waals surface area (Å²) in [6, 6.07) is 7.94. The molecule has 0 spiro atoms. The number of anilines is 1. The number of hydrogen-bond donors (Lipinski definition) is 0. The fraction of sp³-hybridized carbons (Fsp3) is 0.400. The summed E-state index contributed by atoms with van der Waals surface area (Å²) in [6.45, 7) is 8.91. The molecule has 0 aliphatic heterocycles. The van der Waals surface area contributed by atoms with Gasteiger partial charge in [0, 0.05) is 17.6 Å². The van der Waals surface area contributed by atoms with Gasteiger partial charge >= 0.3 is 0 Å². The van der Waals surface area contributed by atoms with Crippen molar-refractivity contribution in [3.63, 3.8) is 0 Å². The van der Waals surface area contributed by atoms with Crippen molar-refractivity contribution in [2.75, 3.05) is 18.6 Å². The molecule has 168 valence electrons. The highest BCUT2D eigenvalue weighted by atomic mass is 16.5. The lowest BCUT2D eigenvalue weighted by molar-refractivity contribution is 0.220. The summed E-state index contributed by atoms with van der Waals surface area (Å²) in [5, 5.41) is 0.873. The van der Waals surface area contributed by atoms with E-state index in [2.05, 4.69) is 16.5 Å². The van der Waals surface area contributed by atoms with Gasteiger partial charge in [0.1, 0.15) is 23.4 Å². The lowest BCUT2D eigenvalue weighted by atomic mass is 10.1. The lowest BCUT2D eigenvalue weighted by Crippen LogP contribution is -2.35. The summed E-state index contributed by atoms with van der Waals surface area (Å²) >= 11 is 0. The van der Waals surface area contributed by atoms with Crippen LogP contribution in [0.5, 0.6) is 5.75 Å². The molecular formula is C25H30N4O3. The van der Waals surface area contributed by atoms with Crippen LogP contribution in [0.4, 0.5) is 5.69 Å². The van der Waals surface area contributed by atoms with E-state index in [1.54, 1.807) is 13.3 Å². The summed E-state index contributed by atoms with van der Waals surface area (Å²) in [7, 11) is 1.64. The van der Waals surface area contributed by atoms with E-state index in [4.69, 9.17) is 9.47 Å². The Morgan fingerprint density at radius 3 is 2.62 bits per heavy atom. The van der Waals surface area contributed by atoms with Crippen LogP contribution in [0.3, 0.4) is 0 Å². The molecule has 0 unspecified atom stereocenters. The Kier molecular flexibility index (Phi) is 6.44. The van der Waals surface area contributed by atoms with E-state index in [-0.39, 0.29) is 11.6 Å². The Morgan fingerprint density at radius 1 is 1.25 bits per heavy atom. The quantitative estimate of drug-likeness (QED) is 0.477. The molecular weight excluding hydrogens is 404 g/mol. The van der Waals surface area contributed by atoms with Gasteiger partial charge in [-0.1, -0.05) is 25.0 Å². The zero-order chi connectivity index (χ0) is 22.7. The predicted octanol–water partition coefficient (Wildman–Crippen LogP) is 4.74. The first kappa shape index (κ1) is 21.9. The molecule has 1 aliphatic carbocycles. The molecule has 1 aromatic carbocycles. The maximum absolute atomic E-state index is 14.0. The highest BCUT2D eigenvalue weighted by Crippen LogP contribution is 2.34. The average molecular weight is 435 g/mol. The van der Waals surface area contributed by atoms with Gasteiger partial charge in [-0.3, -0.25) is 9.36 Å². The number of fused-ring (bicyclic) bond motifs is 1. The molecule has 3 aromatic rings. The molecule has 7 nitrogen and oxygen atoms in total. The van der Waals surface area contributed by atoms with Crippen LogP contribution in [0.15, 0.2) is 54.0 Å². The minimum absolute atomic E-state index is 0.0602. The molecule has 1 fully saturated rings. The molecule has 7 heteroatoms. The van der Waals surface area contributed by atoms with Gasteiger partial charge in [0.2, 0.25) is 0 Å². The topological polar surface area (TPSA) is 69.5 Å². The summed E-state index contributed by atoms with van der Waals surface area (Å²) < 4.78 is 12.9. The number of aryl methyl sites for hydroxylation is 1. The average Bonchev–Trinajstić information content (AvgIpc) is 3.33. The standard InChI is InChI=1S/C25H30N4O3/c1-5-32-18(3)28(15-19-10-12-21(31-4)13-11-19)23-17(2)22-14-26-16-27-24(22)29(25(23)30)20-8-6-7-9-20/h10-14,16,20H,3,5-9,15H2,1-2,4H3. The van der Waals surface area contributed by atoms with Crippen molar-refractivity contribution in [1.29, 1.82) is 0 Å². The first-order valence-corrected chi connectivity index (χ1v) is 11.1. The molecule has 1 aliphatic rings. The zero-order valence-corrected chi connectivity index (χ0v) is 19.0. The van der Waals surface area contributed by atoms with Gasteiger partial charge in [-0.25, -0.2) is 9.97 Å². The SMILES string of the molecule is C=C(OCC)N(Cc1ccc(OC)cc1)c1c(C)c2cncnc2n(C2CCCC2)c1=O. The van der Waals surface area contributed by atoms with Crippen LogP contribution in [-0.2, 0) is 11.3 Å². The largest absolute Gasteiger partial charge is 0.497 e. The fourth-order valence-electron chi connectivity index (χ4n) is 4.55. The molecule has 0 radical (unpaired) electrons. The number of pyridine rings is 1. The van der Waals surface area contributed by atoms with Gasteiger partial charge in [-0.2, -0.15) is 0 Å². The number of rotatable bonds is 8. The summed E-state index contributed by atoms with van der Waals surface area (Å²) in [4.78, 5) is 24.6. The van der Waals surface area contributed by atoms with Crippen LogP contribution >= 0.6 is 0 Å². The van der Waals surface area contributed by atoms with Crippen LogP contribution in [0.2, 0.25) is 0 Å². The second-order valence-corrected chi connectivity index (χ2v) is 8.11. The molecule has 1 saturated carbocycles. The molecule has 0 amide bonds. The Morgan fingerprint density at radius 2 is 1.97 bits per heavy atom. The van der Waals surface area contributed by atoms with Crippen molar-refractivity contribution in [2.45, 2.75) is 52.1 Å². The van der Waals surface area contributed by atoms with Crippen molar-refractivity contribution < 1.29 is 9.47 Å². The number of nitrogens with zero attached hydrogens (tertiary/aromatic N) is 4. The monoisotopic (exact) mass is 434 g/mol. The third kappa shape index (κ3) is 4.07. The van der Waals surface area contributed by atoms with Gasteiger partial charge in [-0.15, -0.1) is 0 Å². The summed E-state index contributed by atoms with van der Waals surface area (Å²) in [5.41, 5.74) is 3.05. The van der Waals surface area contributed by atoms with Crippen LogP contribution in [-0.4, -0.2) is 28.3 Å². The molecule has 0 saturated heterocycles. The van der Waals surface area contributed by atoms with Crippen LogP contribution in [0, 0.1) is 6.92 Å². The summed E-state index contributed by atoms with van der Waals surface area (Å²) in [6.07, 6.45) is 7.50. The second-order valence-electron chi connectivity index (χ2n) is 8.11. The van der Waals surface area contributed by atoms with Crippen LogP contribution in [0.1, 0.15) is 49.8 Å². The highest BCUT2D eigenvalue weighted by Gasteiger charge is 2.27. The lowest BCUT2D eigenvalue weighted by Gasteiger charge is -2.29. The van der Waals surface area contributed by atoms with Gasteiger partial charge in [-0.05, 0) is 56.5 Å². The maximum atomic E-state index is 14.0. The number of aromatic nitrogens is 3. The van der Waals surface area contributed by atoms with Gasteiger partial charge in [0.05, 0.1) is 20.3 Å². The Bertz CT molecular complexity index is 1160. The molecule has 0 N–H and O–H groups in total. The van der Waals surface area contributed by atoms with E-state index in [1.165, 1.54) is 6.33 Å². The van der Waals surface area contributed by atoms with Crippen molar-refractivity contribution in [3.8, 4) is 5.75 Å². The van der Waals surface area contributed by atoms with Gasteiger partial charge in [0.25, 0.3) is 5.56 Å². The Labute approximate surface area is 188 Å². The molecule has 0 atom stereocenters. The molecule has 32 heavy (non-hydrogen) atoms. The maximum Gasteiger partial charge on any atom is 0.276 e. The number of benzene rings is 1. The Balaban J connectivity index is 1.89. The van der Waals surface area contributed by atoms with Crippen LogP contribution in [0.25, 0.3) is 11.0 Å². The molecule has 0 bridgehead atoms. The molecule has 2 aromatic heterocycles. The number of ether oxygens (including phenoxy) is 2. The van der Waals surface area contributed by atoms with E-state index in [1.807, 2.05) is 47.6 Å². The van der Waals surface area contributed by atoms with Crippen molar-refractivity contribution in [2.24, 2.45) is 0 Å². The highest BCUT2D eigenvalue weighted by molar-refractivity contribution is 5.84. The van der Waals surface area contributed by atoms with Gasteiger partial charge < -0.3 is 14.4 Å². The smallest absolute Gasteiger partial charge is 0.276 e. The van der Waals surface area contributed by atoms with E-state index in [9.17, 15) is 4.79 Å². The Hall–Kier alpha value is -3.35. The first-order valence-electron chi connectivity index (χ1n) is 11.1. The minimum Gasteiger partial charge on any atom is -0.497 e. The van der Waals surface area contributed by atoms with E-state index >= 15 is 0 Å². The van der Waals surface area contributed by atoms with E-state index in [0.29, 0.717) is 30.4 Å². The second kappa shape index (κ2) is 9.42. The third-order valence-electron chi connectivity index (χ3n) is 6.17. The summed E-state index contributed by atoms with van der Waals surface area (Å²) in [5.74, 6) is 1.23. The number of methoxy groups -OCH3 is 1. The van der Waals surface area contributed by atoms with Crippen molar-refractivity contribution in [1.82, 2.24) is 14.5 Å². The third-order valence-corrected chi connectivity index (χ3v) is 6.17. The number of hydrogen-bond acceptors (Lipinski definition) is 6. The first-order chi connectivity index (χ1) is 15.5. The zero-order valence-electron chi connectivity index (χ0n) is 19.0. The molecule has 4 rings (SSSR count). The van der Waals surface area contributed by atoms with E-state index < -0.39 is 0 Å². The fourth-order valence-corrected chi connectivity index (χ4v) is 4.55. The van der Waals surface area contributed by atoms with Crippen LogP contribution < -0.4 is 15.2 Å². The minimum atomic E-state index is -0.0602.